The fraction of sp³-hybridized carbons (Fsp3) is 0.294. The highest BCUT2D eigenvalue weighted by Crippen LogP contribution is 2.20. The average molecular weight is 292 g/mol. The van der Waals surface area contributed by atoms with Crippen LogP contribution in [0.25, 0.3) is 0 Å². The van der Waals surface area contributed by atoms with Crippen molar-refractivity contribution < 1.29 is 4.39 Å². The van der Waals surface area contributed by atoms with E-state index >= 15 is 0 Å². The first kappa shape index (κ1) is 15.0. The molecule has 0 fully saturated rings. The molecule has 1 nitrogen and oxygen atoms in total. The standard InChI is InChI=1S/C17H19ClFN/c1-13(14-6-3-2-4-7-14)10-11-20-12-15-16(18)8-5-9-17(15)19/h2-9,13,20H,10-12H2,1H3. The second kappa shape index (κ2) is 7.41. The van der Waals surface area contributed by atoms with Gasteiger partial charge in [-0.05, 0) is 36.6 Å². The largest absolute Gasteiger partial charge is 0.312 e. The Morgan fingerprint density at radius 2 is 1.85 bits per heavy atom. The van der Waals surface area contributed by atoms with Gasteiger partial charge in [0.2, 0.25) is 0 Å². The molecule has 0 radical (unpaired) electrons. The van der Waals surface area contributed by atoms with E-state index in [1.807, 2.05) is 6.07 Å². The Morgan fingerprint density at radius 3 is 2.55 bits per heavy atom. The Balaban J connectivity index is 1.80. The third kappa shape index (κ3) is 4.06. The van der Waals surface area contributed by atoms with Gasteiger partial charge in [-0.25, -0.2) is 4.39 Å². The second-order valence-corrected chi connectivity index (χ2v) is 5.38. The van der Waals surface area contributed by atoms with E-state index in [9.17, 15) is 4.39 Å². The maximum absolute atomic E-state index is 13.6. The molecule has 2 aromatic rings. The molecular weight excluding hydrogens is 273 g/mol. The van der Waals surface area contributed by atoms with Crippen LogP contribution in [-0.2, 0) is 6.54 Å². The van der Waals surface area contributed by atoms with Gasteiger partial charge in [-0.3, -0.25) is 0 Å². The van der Waals surface area contributed by atoms with Gasteiger partial charge >= 0.3 is 0 Å². The molecule has 1 unspecified atom stereocenters. The summed E-state index contributed by atoms with van der Waals surface area (Å²) in [5.41, 5.74) is 1.87. The summed E-state index contributed by atoms with van der Waals surface area (Å²) in [7, 11) is 0. The van der Waals surface area contributed by atoms with E-state index in [-0.39, 0.29) is 5.82 Å². The SMILES string of the molecule is CC(CCNCc1c(F)cccc1Cl)c1ccccc1. The minimum absolute atomic E-state index is 0.249. The molecule has 0 aliphatic heterocycles. The van der Waals surface area contributed by atoms with Gasteiger partial charge in [-0.1, -0.05) is 54.9 Å². The fourth-order valence-electron chi connectivity index (χ4n) is 2.18. The number of rotatable bonds is 6. The van der Waals surface area contributed by atoms with Crippen LogP contribution in [-0.4, -0.2) is 6.54 Å². The van der Waals surface area contributed by atoms with E-state index < -0.39 is 0 Å². The summed E-state index contributed by atoms with van der Waals surface area (Å²) in [5, 5.41) is 3.74. The van der Waals surface area contributed by atoms with Crippen molar-refractivity contribution in [1.82, 2.24) is 5.32 Å². The van der Waals surface area contributed by atoms with E-state index in [0.29, 0.717) is 23.0 Å². The van der Waals surface area contributed by atoms with Crippen LogP contribution >= 0.6 is 11.6 Å². The summed E-state index contributed by atoms with van der Waals surface area (Å²) < 4.78 is 13.6. The predicted octanol–water partition coefficient (Wildman–Crippen LogP) is 4.76. The van der Waals surface area contributed by atoms with Crippen molar-refractivity contribution in [3.63, 3.8) is 0 Å². The number of hydrogen-bond acceptors (Lipinski definition) is 1. The van der Waals surface area contributed by atoms with Crippen LogP contribution in [0, 0.1) is 5.82 Å². The molecule has 106 valence electrons. The minimum atomic E-state index is -0.249. The summed E-state index contributed by atoms with van der Waals surface area (Å²) in [5.74, 6) is 0.237. The second-order valence-electron chi connectivity index (χ2n) is 4.98. The molecule has 0 spiro atoms. The van der Waals surface area contributed by atoms with Gasteiger partial charge in [0.15, 0.2) is 0 Å². The zero-order valence-electron chi connectivity index (χ0n) is 11.6. The van der Waals surface area contributed by atoms with Gasteiger partial charge in [0.1, 0.15) is 5.82 Å². The van der Waals surface area contributed by atoms with Gasteiger partial charge in [0.25, 0.3) is 0 Å². The van der Waals surface area contributed by atoms with E-state index in [1.54, 1.807) is 12.1 Å². The zero-order chi connectivity index (χ0) is 14.4. The normalized spacial score (nSPS) is 12.3. The highest BCUT2D eigenvalue weighted by Gasteiger charge is 2.07. The van der Waals surface area contributed by atoms with Crippen molar-refractivity contribution in [2.45, 2.75) is 25.8 Å². The Labute approximate surface area is 124 Å². The Bertz CT molecular complexity index is 522. The monoisotopic (exact) mass is 291 g/mol. The van der Waals surface area contributed by atoms with Gasteiger partial charge in [-0.2, -0.15) is 0 Å². The lowest BCUT2D eigenvalue weighted by atomic mass is 9.98. The predicted molar refractivity (Wildman–Crippen MR) is 82.6 cm³/mol. The third-order valence-electron chi connectivity index (χ3n) is 3.49. The van der Waals surface area contributed by atoms with E-state index in [0.717, 1.165) is 13.0 Å². The quantitative estimate of drug-likeness (QED) is 0.757. The van der Waals surface area contributed by atoms with Crippen molar-refractivity contribution in [2.75, 3.05) is 6.54 Å². The fourth-order valence-corrected chi connectivity index (χ4v) is 2.41. The molecule has 0 bridgehead atoms. The third-order valence-corrected chi connectivity index (χ3v) is 3.84. The smallest absolute Gasteiger partial charge is 0.129 e. The number of benzene rings is 2. The molecule has 0 aromatic heterocycles. The van der Waals surface area contributed by atoms with Gasteiger partial charge < -0.3 is 5.32 Å². The molecule has 1 atom stereocenters. The summed E-state index contributed by atoms with van der Waals surface area (Å²) in [6, 6.07) is 15.2. The Kier molecular flexibility index (Phi) is 5.57. The maximum atomic E-state index is 13.6. The first-order valence-corrected chi connectivity index (χ1v) is 7.25. The average Bonchev–Trinajstić information content (AvgIpc) is 2.46. The molecule has 2 aromatic carbocycles. The molecule has 0 saturated carbocycles. The van der Waals surface area contributed by atoms with Crippen molar-refractivity contribution in [3.8, 4) is 0 Å². The summed E-state index contributed by atoms with van der Waals surface area (Å²) in [6.07, 6.45) is 1.01. The summed E-state index contributed by atoms with van der Waals surface area (Å²) >= 11 is 5.99. The van der Waals surface area contributed by atoms with E-state index in [2.05, 4.69) is 36.5 Å². The molecule has 0 heterocycles. The van der Waals surface area contributed by atoms with Crippen LogP contribution < -0.4 is 5.32 Å². The van der Waals surface area contributed by atoms with Crippen LogP contribution in [0.3, 0.4) is 0 Å². The summed E-state index contributed by atoms with van der Waals surface area (Å²) in [6.45, 7) is 3.50. The maximum Gasteiger partial charge on any atom is 0.129 e. The van der Waals surface area contributed by atoms with Crippen LogP contribution in [0.5, 0.6) is 0 Å². The molecule has 3 heteroatoms. The first-order chi connectivity index (χ1) is 9.68. The number of nitrogens with one attached hydrogen (secondary N) is 1. The Hall–Kier alpha value is -1.38. The van der Waals surface area contributed by atoms with Crippen LogP contribution in [0.1, 0.15) is 30.4 Å². The highest BCUT2D eigenvalue weighted by atomic mass is 35.5. The van der Waals surface area contributed by atoms with Crippen molar-refractivity contribution in [1.29, 1.82) is 0 Å². The minimum Gasteiger partial charge on any atom is -0.312 e. The Morgan fingerprint density at radius 1 is 1.10 bits per heavy atom. The molecule has 2 rings (SSSR count). The molecule has 0 saturated heterocycles. The van der Waals surface area contributed by atoms with Crippen molar-refractivity contribution >= 4 is 11.6 Å². The molecule has 0 amide bonds. The lowest BCUT2D eigenvalue weighted by Crippen LogP contribution is -2.17. The van der Waals surface area contributed by atoms with Crippen LogP contribution in [0.15, 0.2) is 48.5 Å². The number of hydrogen-bond donors (Lipinski definition) is 1. The number of halogens is 2. The van der Waals surface area contributed by atoms with E-state index in [1.165, 1.54) is 11.6 Å². The van der Waals surface area contributed by atoms with Gasteiger partial charge in [0.05, 0.1) is 0 Å². The van der Waals surface area contributed by atoms with Gasteiger partial charge in [-0.15, -0.1) is 0 Å². The molecule has 0 aliphatic rings. The van der Waals surface area contributed by atoms with Crippen molar-refractivity contribution in [3.05, 3.63) is 70.5 Å². The highest BCUT2D eigenvalue weighted by molar-refractivity contribution is 6.31. The zero-order valence-corrected chi connectivity index (χ0v) is 12.3. The lowest BCUT2D eigenvalue weighted by molar-refractivity contribution is 0.564. The van der Waals surface area contributed by atoms with Gasteiger partial charge in [0, 0.05) is 17.1 Å². The van der Waals surface area contributed by atoms with Crippen molar-refractivity contribution in [2.24, 2.45) is 0 Å². The molecule has 1 N–H and O–H groups in total. The topological polar surface area (TPSA) is 12.0 Å². The first-order valence-electron chi connectivity index (χ1n) is 6.87. The molecule has 0 aliphatic carbocycles. The van der Waals surface area contributed by atoms with Crippen LogP contribution in [0.4, 0.5) is 4.39 Å². The molecule has 20 heavy (non-hydrogen) atoms. The van der Waals surface area contributed by atoms with Crippen LogP contribution in [0.2, 0.25) is 5.02 Å². The lowest BCUT2D eigenvalue weighted by Gasteiger charge is -2.13. The van der Waals surface area contributed by atoms with E-state index in [4.69, 9.17) is 11.6 Å². The summed E-state index contributed by atoms with van der Waals surface area (Å²) in [4.78, 5) is 0. The molecular formula is C17H19ClFN.